The summed E-state index contributed by atoms with van der Waals surface area (Å²) in [5, 5.41) is 13.6. The summed E-state index contributed by atoms with van der Waals surface area (Å²) >= 11 is 0. The van der Waals surface area contributed by atoms with Crippen LogP contribution in [0.2, 0.25) is 0 Å². The standard InChI is InChI=1S/C26H32N6O6/c1-26(2,3)38-21(34)10-5-4-6-13-31-15-16(29-30-31)14-27-18-9-7-8-17-22(18)25(37)32(24(17)36)19-11-12-20(33)28-23(19)35/h7-9,15,19,27H,4-6,10-14H2,1-3H3,(H,28,33,35). The van der Waals surface area contributed by atoms with Crippen molar-refractivity contribution >= 4 is 35.3 Å². The number of esters is 1. The van der Waals surface area contributed by atoms with Gasteiger partial charge in [0, 0.05) is 25.1 Å². The second-order valence-electron chi connectivity index (χ2n) is 10.4. The van der Waals surface area contributed by atoms with Gasteiger partial charge in [-0.05, 0) is 52.2 Å². The SMILES string of the molecule is CC(C)(C)OC(=O)CCCCCn1cc(CNc2cccc3c2C(=O)N(C2CCC(=O)NC2=O)C3=O)nn1. The molecule has 38 heavy (non-hydrogen) atoms. The van der Waals surface area contributed by atoms with Crippen molar-refractivity contribution in [1.82, 2.24) is 25.2 Å². The van der Waals surface area contributed by atoms with E-state index in [0.29, 0.717) is 24.3 Å². The highest BCUT2D eigenvalue weighted by Gasteiger charge is 2.45. The van der Waals surface area contributed by atoms with Gasteiger partial charge in [-0.2, -0.15) is 0 Å². The second kappa shape index (κ2) is 11.1. The van der Waals surface area contributed by atoms with E-state index in [1.165, 1.54) is 0 Å². The Kier molecular flexibility index (Phi) is 7.88. The van der Waals surface area contributed by atoms with Crippen molar-refractivity contribution in [3.63, 3.8) is 0 Å². The normalized spacial score (nSPS) is 17.4. The van der Waals surface area contributed by atoms with Crippen molar-refractivity contribution in [2.45, 2.75) is 84.0 Å². The summed E-state index contributed by atoms with van der Waals surface area (Å²) in [6, 6.07) is 3.88. The Morgan fingerprint density at radius 1 is 1.13 bits per heavy atom. The minimum absolute atomic E-state index is 0.0638. The first-order chi connectivity index (χ1) is 18.0. The van der Waals surface area contributed by atoms with Crippen molar-refractivity contribution in [2.24, 2.45) is 0 Å². The molecule has 0 radical (unpaired) electrons. The van der Waals surface area contributed by atoms with Crippen LogP contribution in [0.5, 0.6) is 0 Å². The van der Waals surface area contributed by atoms with Gasteiger partial charge < -0.3 is 10.1 Å². The maximum Gasteiger partial charge on any atom is 0.306 e. The van der Waals surface area contributed by atoms with E-state index >= 15 is 0 Å². The molecule has 4 amide bonds. The lowest BCUT2D eigenvalue weighted by Crippen LogP contribution is -2.54. The van der Waals surface area contributed by atoms with Gasteiger partial charge in [0.05, 0.1) is 23.9 Å². The number of fused-ring (bicyclic) bond motifs is 1. The van der Waals surface area contributed by atoms with Crippen molar-refractivity contribution in [3.05, 3.63) is 41.2 Å². The number of aryl methyl sites for hydroxylation is 1. The van der Waals surface area contributed by atoms with Crippen LogP contribution in [0, 0.1) is 0 Å². The van der Waals surface area contributed by atoms with Gasteiger partial charge in [0.15, 0.2) is 0 Å². The van der Waals surface area contributed by atoms with Crippen molar-refractivity contribution < 1.29 is 28.7 Å². The monoisotopic (exact) mass is 524 g/mol. The Hall–Kier alpha value is -4.09. The number of hydrogen-bond donors (Lipinski definition) is 2. The molecule has 0 saturated carbocycles. The highest BCUT2D eigenvalue weighted by Crippen LogP contribution is 2.32. The fourth-order valence-electron chi connectivity index (χ4n) is 4.49. The molecule has 0 spiro atoms. The van der Waals surface area contributed by atoms with E-state index in [9.17, 15) is 24.0 Å². The molecule has 1 aromatic heterocycles. The predicted molar refractivity (Wildman–Crippen MR) is 135 cm³/mol. The van der Waals surface area contributed by atoms with E-state index in [1.54, 1.807) is 29.1 Å². The molecule has 12 nitrogen and oxygen atoms in total. The largest absolute Gasteiger partial charge is 0.460 e. The molecular formula is C26H32N6O6. The molecule has 1 atom stereocenters. The number of anilines is 1. The molecular weight excluding hydrogens is 492 g/mol. The van der Waals surface area contributed by atoms with E-state index in [0.717, 1.165) is 24.2 Å². The van der Waals surface area contributed by atoms with E-state index in [-0.39, 0.29) is 36.5 Å². The Bertz CT molecular complexity index is 1260. The van der Waals surface area contributed by atoms with E-state index < -0.39 is 35.3 Å². The average molecular weight is 525 g/mol. The van der Waals surface area contributed by atoms with Crippen LogP contribution in [0.25, 0.3) is 0 Å². The summed E-state index contributed by atoms with van der Waals surface area (Å²) in [6.45, 7) is 6.47. The van der Waals surface area contributed by atoms with Gasteiger partial charge in [-0.15, -0.1) is 5.10 Å². The number of ether oxygens (including phenoxy) is 1. The van der Waals surface area contributed by atoms with E-state index in [4.69, 9.17) is 4.74 Å². The number of nitrogens with one attached hydrogen (secondary N) is 2. The van der Waals surface area contributed by atoms with E-state index in [1.807, 2.05) is 20.8 Å². The first-order valence-corrected chi connectivity index (χ1v) is 12.7. The number of aromatic nitrogens is 3. The summed E-state index contributed by atoms with van der Waals surface area (Å²) in [7, 11) is 0. The van der Waals surface area contributed by atoms with Crippen molar-refractivity contribution in [3.8, 4) is 0 Å². The minimum Gasteiger partial charge on any atom is -0.460 e. The summed E-state index contributed by atoms with van der Waals surface area (Å²) in [6.07, 6.45) is 4.76. The molecule has 3 heterocycles. The summed E-state index contributed by atoms with van der Waals surface area (Å²) < 4.78 is 7.03. The molecule has 0 aliphatic carbocycles. The molecule has 2 aliphatic heterocycles. The number of hydrogen-bond acceptors (Lipinski definition) is 9. The highest BCUT2D eigenvalue weighted by molar-refractivity contribution is 6.25. The van der Waals surface area contributed by atoms with Gasteiger partial charge in [0.2, 0.25) is 11.8 Å². The van der Waals surface area contributed by atoms with Crippen LogP contribution < -0.4 is 10.6 Å². The maximum atomic E-state index is 13.2. The number of nitrogens with zero attached hydrogens (tertiary/aromatic N) is 4. The van der Waals surface area contributed by atoms with Crippen LogP contribution in [0.15, 0.2) is 24.4 Å². The zero-order valence-electron chi connectivity index (χ0n) is 21.8. The average Bonchev–Trinajstić information content (AvgIpc) is 3.39. The Labute approximate surface area is 220 Å². The van der Waals surface area contributed by atoms with Crippen molar-refractivity contribution in [2.75, 3.05) is 5.32 Å². The summed E-state index contributed by atoms with van der Waals surface area (Å²) in [5.41, 5.74) is 1.03. The van der Waals surface area contributed by atoms with Crippen LogP contribution in [-0.4, -0.2) is 61.1 Å². The van der Waals surface area contributed by atoms with Crippen LogP contribution in [0.4, 0.5) is 5.69 Å². The Morgan fingerprint density at radius 2 is 1.92 bits per heavy atom. The number of imide groups is 2. The van der Waals surface area contributed by atoms with Crippen molar-refractivity contribution in [1.29, 1.82) is 0 Å². The number of carbonyl (C=O) groups is 5. The Morgan fingerprint density at radius 3 is 2.66 bits per heavy atom. The number of rotatable bonds is 10. The zero-order valence-corrected chi connectivity index (χ0v) is 21.8. The molecule has 0 bridgehead atoms. The summed E-state index contributed by atoms with van der Waals surface area (Å²) in [5.74, 6) is -2.39. The number of amides is 4. The lowest BCUT2D eigenvalue weighted by Gasteiger charge is -2.27. The molecule has 2 aliphatic rings. The van der Waals surface area contributed by atoms with E-state index in [2.05, 4.69) is 20.9 Å². The molecule has 1 unspecified atom stereocenters. The number of benzene rings is 1. The van der Waals surface area contributed by atoms with Gasteiger partial charge >= 0.3 is 5.97 Å². The number of unbranched alkanes of at least 4 members (excludes halogenated alkanes) is 2. The first kappa shape index (κ1) is 27.0. The lowest BCUT2D eigenvalue weighted by molar-refractivity contribution is -0.155. The third-order valence-corrected chi connectivity index (χ3v) is 6.20. The molecule has 1 fully saturated rings. The van der Waals surface area contributed by atoms with Gasteiger partial charge in [-0.25, -0.2) is 0 Å². The fraction of sp³-hybridized carbons (Fsp3) is 0.500. The predicted octanol–water partition coefficient (Wildman–Crippen LogP) is 2.19. The fourth-order valence-corrected chi connectivity index (χ4v) is 4.49. The molecule has 1 saturated heterocycles. The summed E-state index contributed by atoms with van der Waals surface area (Å²) in [4.78, 5) is 62.7. The minimum atomic E-state index is -1.02. The second-order valence-corrected chi connectivity index (χ2v) is 10.4. The molecule has 1 aromatic carbocycles. The quantitative estimate of drug-likeness (QED) is 0.271. The van der Waals surface area contributed by atoms with Gasteiger partial charge in [0.25, 0.3) is 11.8 Å². The molecule has 12 heteroatoms. The smallest absolute Gasteiger partial charge is 0.306 e. The lowest BCUT2D eigenvalue weighted by atomic mass is 10.0. The topological polar surface area (TPSA) is 153 Å². The molecule has 4 rings (SSSR count). The van der Waals surface area contributed by atoms with Gasteiger partial charge in [0.1, 0.15) is 17.3 Å². The molecule has 2 aromatic rings. The Balaban J connectivity index is 1.30. The number of carbonyl (C=O) groups excluding carboxylic acids is 5. The third kappa shape index (κ3) is 6.24. The first-order valence-electron chi connectivity index (χ1n) is 12.7. The van der Waals surface area contributed by atoms with Crippen LogP contribution in [0.3, 0.4) is 0 Å². The molecule has 202 valence electrons. The zero-order chi connectivity index (χ0) is 27.4. The van der Waals surface area contributed by atoms with Crippen LogP contribution in [0.1, 0.15) is 85.7 Å². The van der Waals surface area contributed by atoms with Crippen LogP contribution >= 0.6 is 0 Å². The number of piperidine rings is 1. The van der Waals surface area contributed by atoms with Gasteiger partial charge in [-0.3, -0.25) is 38.9 Å². The maximum absolute atomic E-state index is 13.2. The van der Waals surface area contributed by atoms with Crippen LogP contribution in [-0.2, 0) is 32.2 Å². The highest BCUT2D eigenvalue weighted by atomic mass is 16.6. The van der Waals surface area contributed by atoms with Gasteiger partial charge in [-0.1, -0.05) is 17.7 Å². The molecule has 2 N–H and O–H groups in total. The third-order valence-electron chi connectivity index (χ3n) is 6.20.